The van der Waals surface area contributed by atoms with Gasteiger partial charge in [-0.15, -0.1) is 11.3 Å². The first-order chi connectivity index (χ1) is 9.56. The van der Waals surface area contributed by atoms with Gasteiger partial charge in [-0.1, -0.05) is 0 Å². The van der Waals surface area contributed by atoms with Crippen LogP contribution in [0.3, 0.4) is 0 Å². The van der Waals surface area contributed by atoms with E-state index in [0.29, 0.717) is 13.2 Å². The number of nitrogens with zero attached hydrogens (tertiary/aromatic N) is 1. The highest BCUT2D eigenvalue weighted by molar-refractivity contribution is 9.11. The summed E-state index contributed by atoms with van der Waals surface area (Å²) in [6, 6.07) is 4.02. The largest absolute Gasteiger partial charge is 0.376 e. The summed E-state index contributed by atoms with van der Waals surface area (Å²) in [5.74, 6) is 0.00696. The first-order valence-corrected chi connectivity index (χ1v) is 8.39. The van der Waals surface area contributed by atoms with Gasteiger partial charge in [0.25, 0.3) is 5.91 Å². The number of carbonyl (C=O) groups excluding carboxylic acids is 1. The summed E-state index contributed by atoms with van der Waals surface area (Å²) in [5.41, 5.74) is 0. The van der Waals surface area contributed by atoms with Crippen LogP contribution in [0.2, 0.25) is 0 Å². The van der Waals surface area contributed by atoms with Crippen molar-refractivity contribution in [2.24, 2.45) is 0 Å². The van der Waals surface area contributed by atoms with E-state index in [0.717, 1.165) is 28.1 Å². The van der Waals surface area contributed by atoms with Crippen molar-refractivity contribution in [3.63, 3.8) is 0 Å². The van der Waals surface area contributed by atoms with Crippen molar-refractivity contribution in [3.05, 3.63) is 20.8 Å². The molecule has 0 bridgehead atoms. The quantitative estimate of drug-likeness (QED) is 0.781. The fourth-order valence-electron chi connectivity index (χ4n) is 2.16. The minimum Gasteiger partial charge on any atom is -0.376 e. The van der Waals surface area contributed by atoms with Crippen molar-refractivity contribution in [3.8, 4) is 0 Å². The summed E-state index contributed by atoms with van der Waals surface area (Å²) in [4.78, 5) is 15.1. The molecule has 2 heterocycles. The Morgan fingerprint density at radius 3 is 3.05 bits per heavy atom. The molecular formula is C14H20BrNO3S. The number of carbonyl (C=O) groups is 1. The Kier molecular flexibility index (Phi) is 6.01. The summed E-state index contributed by atoms with van der Waals surface area (Å²) in [7, 11) is 1.81. The van der Waals surface area contributed by atoms with Crippen molar-refractivity contribution in [1.82, 2.24) is 4.90 Å². The average Bonchev–Trinajstić information content (AvgIpc) is 3.06. The van der Waals surface area contributed by atoms with Crippen LogP contribution in [0.15, 0.2) is 15.9 Å². The van der Waals surface area contributed by atoms with Crippen LogP contribution in [0.1, 0.15) is 24.6 Å². The van der Waals surface area contributed by atoms with Crippen LogP contribution in [0.5, 0.6) is 0 Å². The third-order valence-electron chi connectivity index (χ3n) is 3.30. The molecule has 4 nitrogen and oxygen atoms in total. The number of halogens is 1. The molecule has 2 unspecified atom stereocenters. The van der Waals surface area contributed by atoms with E-state index < -0.39 is 6.10 Å². The van der Waals surface area contributed by atoms with E-state index in [4.69, 9.17) is 9.47 Å². The van der Waals surface area contributed by atoms with E-state index in [1.807, 2.05) is 19.2 Å². The number of amides is 1. The number of likely N-dealkylation sites (N-methyl/N-ethyl adjacent to an activating group) is 1. The van der Waals surface area contributed by atoms with E-state index in [9.17, 15) is 4.79 Å². The number of ether oxygens (including phenoxy) is 2. The Morgan fingerprint density at radius 1 is 1.65 bits per heavy atom. The van der Waals surface area contributed by atoms with Gasteiger partial charge in [0.2, 0.25) is 0 Å². The zero-order valence-corrected chi connectivity index (χ0v) is 14.2. The summed E-state index contributed by atoms with van der Waals surface area (Å²) >= 11 is 5.07. The van der Waals surface area contributed by atoms with Gasteiger partial charge < -0.3 is 14.4 Å². The molecule has 0 aromatic carbocycles. The van der Waals surface area contributed by atoms with Gasteiger partial charge in [0.15, 0.2) is 0 Å². The zero-order valence-electron chi connectivity index (χ0n) is 11.8. The van der Waals surface area contributed by atoms with E-state index in [2.05, 4.69) is 15.9 Å². The highest BCUT2D eigenvalue weighted by atomic mass is 79.9. The monoisotopic (exact) mass is 361 g/mol. The molecule has 1 fully saturated rings. The minimum absolute atomic E-state index is 0.00696. The molecule has 0 N–H and O–H groups in total. The summed E-state index contributed by atoms with van der Waals surface area (Å²) < 4.78 is 12.2. The van der Waals surface area contributed by atoms with Crippen LogP contribution < -0.4 is 0 Å². The van der Waals surface area contributed by atoms with Gasteiger partial charge in [-0.2, -0.15) is 0 Å². The van der Waals surface area contributed by atoms with Gasteiger partial charge in [-0.25, -0.2) is 0 Å². The third kappa shape index (κ3) is 4.55. The van der Waals surface area contributed by atoms with Gasteiger partial charge in [-0.3, -0.25) is 4.79 Å². The Bertz CT molecular complexity index is 445. The average molecular weight is 362 g/mol. The lowest BCUT2D eigenvalue weighted by molar-refractivity contribution is -0.143. The SMILES string of the molecule is CC(OCC1CCCO1)C(=O)N(C)Cc1ccc(Br)s1. The maximum atomic E-state index is 12.2. The molecule has 1 saturated heterocycles. The number of hydrogen-bond acceptors (Lipinski definition) is 4. The number of rotatable bonds is 6. The van der Waals surface area contributed by atoms with E-state index in [-0.39, 0.29) is 12.0 Å². The maximum absolute atomic E-state index is 12.2. The number of thiophene rings is 1. The molecule has 1 aliphatic heterocycles. The second kappa shape index (κ2) is 7.54. The molecule has 0 saturated carbocycles. The van der Waals surface area contributed by atoms with Crippen LogP contribution in [0.25, 0.3) is 0 Å². The Morgan fingerprint density at radius 2 is 2.45 bits per heavy atom. The van der Waals surface area contributed by atoms with Crippen LogP contribution >= 0.6 is 27.3 Å². The Labute approximate surface area is 132 Å². The second-order valence-electron chi connectivity index (χ2n) is 5.01. The molecule has 1 aromatic heterocycles. The Hall–Kier alpha value is -0.430. The highest BCUT2D eigenvalue weighted by Crippen LogP contribution is 2.23. The summed E-state index contributed by atoms with van der Waals surface area (Å²) in [5, 5.41) is 0. The first-order valence-electron chi connectivity index (χ1n) is 6.78. The van der Waals surface area contributed by atoms with Crippen molar-refractivity contribution in [2.45, 2.75) is 38.5 Å². The van der Waals surface area contributed by atoms with E-state index in [1.54, 1.807) is 23.2 Å². The van der Waals surface area contributed by atoms with E-state index in [1.165, 1.54) is 0 Å². The van der Waals surface area contributed by atoms with Gasteiger partial charge in [-0.05, 0) is 47.8 Å². The second-order valence-corrected chi connectivity index (χ2v) is 7.56. The molecule has 0 radical (unpaired) electrons. The fraction of sp³-hybridized carbons (Fsp3) is 0.643. The molecule has 20 heavy (non-hydrogen) atoms. The molecule has 1 aromatic rings. The van der Waals surface area contributed by atoms with E-state index >= 15 is 0 Å². The lowest BCUT2D eigenvalue weighted by Crippen LogP contribution is -2.37. The topological polar surface area (TPSA) is 38.8 Å². The molecule has 2 rings (SSSR count). The molecule has 1 aliphatic rings. The highest BCUT2D eigenvalue weighted by Gasteiger charge is 2.22. The molecule has 1 amide bonds. The van der Waals surface area contributed by atoms with Crippen molar-refractivity contribution in [1.29, 1.82) is 0 Å². The van der Waals surface area contributed by atoms with Crippen molar-refractivity contribution < 1.29 is 14.3 Å². The van der Waals surface area contributed by atoms with Crippen molar-refractivity contribution in [2.75, 3.05) is 20.3 Å². The smallest absolute Gasteiger partial charge is 0.251 e. The lowest BCUT2D eigenvalue weighted by Gasteiger charge is -2.22. The minimum atomic E-state index is -0.424. The van der Waals surface area contributed by atoms with Crippen LogP contribution in [0.4, 0.5) is 0 Å². The lowest BCUT2D eigenvalue weighted by atomic mass is 10.2. The van der Waals surface area contributed by atoms with Gasteiger partial charge >= 0.3 is 0 Å². The standard InChI is InChI=1S/C14H20BrNO3S/c1-10(19-9-11-4-3-7-18-11)14(17)16(2)8-12-5-6-13(15)20-12/h5-6,10-11H,3-4,7-9H2,1-2H3. The zero-order chi connectivity index (χ0) is 14.5. The van der Waals surface area contributed by atoms with Crippen molar-refractivity contribution >= 4 is 33.2 Å². The van der Waals surface area contributed by atoms with Gasteiger partial charge in [0, 0.05) is 18.5 Å². The van der Waals surface area contributed by atoms with Gasteiger partial charge in [0.1, 0.15) is 6.10 Å². The molecule has 0 aliphatic carbocycles. The molecule has 0 spiro atoms. The molecule has 112 valence electrons. The first kappa shape index (κ1) is 15.9. The predicted octanol–water partition coefficient (Wildman–Crippen LogP) is 3.05. The summed E-state index contributed by atoms with van der Waals surface area (Å²) in [6.07, 6.45) is 1.85. The maximum Gasteiger partial charge on any atom is 0.251 e. The fourth-order valence-corrected chi connectivity index (χ4v) is 3.69. The third-order valence-corrected chi connectivity index (χ3v) is 4.91. The Balaban J connectivity index is 1.76. The van der Waals surface area contributed by atoms with Gasteiger partial charge in [0.05, 0.1) is 23.0 Å². The molecule has 2 atom stereocenters. The van der Waals surface area contributed by atoms with Crippen LogP contribution in [-0.4, -0.2) is 43.3 Å². The predicted molar refractivity (Wildman–Crippen MR) is 82.9 cm³/mol. The van der Waals surface area contributed by atoms with Crippen LogP contribution in [0, 0.1) is 0 Å². The normalized spacial score (nSPS) is 20.1. The summed E-state index contributed by atoms with van der Waals surface area (Å²) in [6.45, 7) is 3.73. The number of hydrogen-bond donors (Lipinski definition) is 0. The van der Waals surface area contributed by atoms with Crippen LogP contribution in [-0.2, 0) is 20.8 Å². The molecular weight excluding hydrogens is 342 g/mol. The molecule has 6 heteroatoms.